The van der Waals surface area contributed by atoms with E-state index in [0.717, 1.165) is 25.9 Å². The Morgan fingerprint density at radius 2 is 1.78 bits per heavy atom. The fraction of sp³-hybridized carbons (Fsp3) is 0.538. The first-order chi connectivity index (χ1) is 8.18. The highest BCUT2D eigenvalue weighted by atomic mass is 35.5. The van der Waals surface area contributed by atoms with Gasteiger partial charge in [-0.1, -0.05) is 6.07 Å². The summed E-state index contributed by atoms with van der Waals surface area (Å²) in [5.74, 6) is -0.906. The van der Waals surface area contributed by atoms with Crippen LogP contribution in [0.3, 0.4) is 0 Å². The minimum absolute atomic E-state index is 0. The summed E-state index contributed by atoms with van der Waals surface area (Å²) in [6.45, 7) is 2.30. The summed E-state index contributed by atoms with van der Waals surface area (Å²) in [5, 5.41) is 3.28. The van der Waals surface area contributed by atoms with Crippen LogP contribution in [0.2, 0.25) is 0 Å². The molecule has 1 aliphatic heterocycles. The highest BCUT2D eigenvalue weighted by Gasteiger charge is 2.20. The van der Waals surface area contributed by atoms with Gasteiger partial charge in [0.25, 0.3) is 0 Å². The maximum Gasteiger partial charge on any atom is 0.130 e. The molecular formula is C13H19ClF2N2. The van der Waals surface area contributed by atoms with Crippen molar-refractivity contribution in [3.05, 3.63) is 35.4 Å². The molecule has 0 spiro atoms. The van der Waals surface area contributed by atoms with E-state index in [-0.39, 0.29) is 18.0 Å². The predicted molar refractivity (Wildman–Crippen MR) is 71.0 cm³/mol. The monoisotopic (exact) mass is 276 g/mol. The maximum absolute atomic E-state index is 13.5. The van der Waals surface area contributed by atoms with Gasteiger partial charge >= 0.3 is 0 Å². The van der Waals surface area contributed by atoms with Crippen LogP contribution in [-0.4, -0.2) is 31.1 Å². The molecule has 0 unspecified atom stereocenters. The molecule has 0 atom stereocenters. The van der Waals surface area contributed by atoms with Gasteiger partial charge in [0.1, 0.15) is 11.6 Å². The molecule has 102 valence electrons. The molecule has 1 fully saturated rings. The van der Waals surface area contributed by atoms with Crippen molar-refractivity contribution in [1.82, 2.24) is 10.2 Å². The van der Waals surface area contributed by atoms with Crippen LogP contribution in [0.15, 0.2) is 18.2 Å². The molecule has 1 aliphatic rings. The average Bonchev–Trinajstić information content (AvgIpc) is 2.35. The van der Waals surface area contributed by atoms with Crippen molar-refractivity contribution < 1.29 is 8.78 Å². The highest BCUT2D eigenvalue weighted by Crippen LogP contribution is 2.18. The molecule has 0 amide bonds. The molecule has 0 aromatic heterocycles. The molecule has 1 aromatic rings. The van der Waals surface area contributed by atoms with Crippen LogP contribution in [0.1, 0.15) is 18.4 Å². The molecule has 0 radical (unpaired) electrons. The zero-order valence-electron chi connectivity index (χ0n) is 10.5. The van der Waals surface area contributed by atoms with Gasteiger partial charge in [-0.2, -0.15) is 0 Å². The smallest absolute Gasteiger partial charge is 0.130 e. The molecule has 2 nitrogen and oxygen atoms in total. The lowest BCUT2D eigenvalue weighted by atomic mass is 10.0. The van der Waals surface area contributed by atoms with E-state index < -0.39 is 11.6 Å². The lowest BCUT2D eigenvalue weighted by molar-refractivity contribution is 0.187. The molecule has 0 bridgehead atoms. The van der Waals surface area contributed by atoms with Crippen LogP contribution < -0.4 is 5.32 Å². The van der Waals surface area contributed by atoms with Crippen LogP contribution >= 0.6 is 12.4 Å². The summed E-state index contributed by atoms with van der Waals surface area (Å²) < 4.78 is 27.0. The molecule has 1 saturated heterocycles. The van der Waals surface area contributed by atoms with Gasteiger partial charge in [0.05, 0.1) is 0 Å². The number of nitrogens with one attached hydrogen (secondary N) is 1. The van der Waals surface area contributed by atoms with E-state index in [1.54, 1.807) is 0 Å². The summed E-state index contributed by atoms with van der Waals surface area (Å²) in [5.41, 5.74) is 0.175. The molecule has 0 aliphatic carbocycles. The predicted octanol–water partition coefficient (Wildman–Crippen LogP) is 2.57. The Morgan fingerprint density at radius 3 is 2.33 bits per heavy atom. The second-order valence-corrected chi connectivity index (χ2v) is 4.60. The van der Waals surface area contributed by atoms with E-state index in [1.165, 1.54) is 18.2 Å². The number of rotatable bonds is 3. The zero-order chi connectivity index (χ0) is 12.3. The Hall–Kier alpha value is -0.710. The number of benzene rings is 1. The zero-order valence-corrected chi connectivity index (χ0v) is 11.3. The second-order valence-electron chi connectivity index (χ2n) is 4.60. The van der Waals surface area contributed by atoms with Crippen molar-refractivity contribution in [2.45, 2.75) is 25.4 Å². The van der Waals surface area contributed by atoms with E-state index in [1.807, 2.05) is 11.9 Å². The molecule has 1 N–H and O–H groups in total. The fourth-order valence-corrected chi connectivity index (χ4v) is 2.31. The van der Waals surface area contributed by atoms with Crippen molar-refractivity contribution in [2.75, 3.05) is 20.1 Å². The molecular weight excluding hydrogens is 258 g/mol. The van der Waals surface area contributed by atoms with E-state index in [0.29, 0.717) is 12.6 Å². The quantitative estimate of drug-likeness (QED) is 0.913. The molecule has 0 saturated carbocycles. The van der Waals surface area contributed by atoms with Gasteiger partial charge in [0.2, 0.25) is 0 Å². The van der Waals surface area contributed by atoms with Gasteiger partial charge in [0.15, 0.2) is 0 Å². The Labute approximate surface area is 113 Å². The molecule has 1 aromatic carbocycles. The molecule has 1 heterocycles. The van der Waals surface area contributed by atoms with Crippen molar-refractivity contribution in [3.8, 4) is 0 Å². The van der Waals surface area contributed by atoms with E-state index in [4.69, 9.17) is 0 Å². The molecule has 2 rings (SSSR count). The van der Waals surface area contributed by atoms with E-state index >= 15 is 0 Å². The van der Waals surface area contributed by atoms with E-state index in [2.05, 4.69) is 5.32 Å². The third kappa shape index (κ3) is 3.64. The summed E-state index contributed by atoms with van der Waals surface area (Å²) >= 11 is 0. The topological polar surface area (TPSA) is 15.3 Å². The van der Waals surface area contributed by atoms with Crippen molar-refractivity contribution >= 4 is 12.4 Å². The normalized spacial score (nSPS) is 16.7. The number of hydrogen-bond acceptors (Lipinski definition) is 2. The van der Waals surface area contributed by atoms with Gasteiger partial charge in [-0.25, -0.2) is 8.78 Å². The van der Waals surface area contributed by atoms with Gasteiger partial charge in [-0.05, 0) is 45.1 Å². The van der Waals surface area contributed by atoms with E-state index in [9.17, 15) is 8.78 Å². The summed E-state index contributed by atoms with van der Waals surface area (Å²) in [6.07, 6.45) is 2.07. The van der Waals surface area contributed by atoms with Crippen LogP contribution in [0.25, 0.3) is 0 Å². The number of nitrogens with zero attached hydrogens (tertiary/aromatic N) is 1. The number of piperidine rings is 1. The summed E-state index contributed by atoms with van der Waals surface area (Å²) in [7, 11) is 1.93. The van der Waals surface area contributed by atoms with Gasteiger partial charge in [-0.15, -0.1) is 12.4 Å². The maximum atomic E-state index is 13.5. The third-order valence-corrected chi connectivity index (χ3v) is 3.40. The van der Waals surface area contributed by atoms with Gasteiger partial charge in [-0.3, -0.25) is 4.90 Å². The van der Waals surface area contributed by atoms with Crippen molar-refractivity contribution in [2.24, 2.45) is 0 Å². The standard InChI is InChI=1S/C13H18F2N2.ClH/c1-17(10-5-7-16-8-6-10)9-11-12(14)3-2-4-13(11)15;/h2-4,10,16H,5-9H2,1H3;1H. The van der Waals surface area contributed by atoms with Crippen LogP contribution in [0.5, 0.6) is 0 Å². The van der Waals surface area contributed by atoms with Crippen molar-refractivity contribution in [3.63, 3.8) is 0 Å². The van der Waals surface area contributed by atoms with Crippen molar-refractivity contribution in [1.29, 1.82) is 0 Å². The number of hydrogen-bond donors (Lipinski definition) is 1. The minimum atomic E-state index is -0.453. The lowest BCUT2D eigenvalue weighted by Gasteiger charge is -2.31. The number of halogens is 3. The SMILES string of the molecule is CN(Cc1c(F)cccc1F)C1CCNCC1.Cl. The van der Waals surface area contributed by atoms with Crippen LogP contribution in [0, 0.1) is 11.6 Å². The Balaban J connectivity index is 0.00000162. The third-order valence-electron chi connectivity index (χ3n) is 3.40. The summed E-state index contributed by atoms with van der Waals surface area (Å²) in [4.78, 5) is 2.04. The van der Waals surface area contributed by atoms with Crippen LogP contribution in [0.4, 0.5) is 8.78 Å². The van der Waals surface area contributed by atoms with Crippen LogP contribution in [-0.2, 0) is 6.54 Å². The molecule has 18 heavy (non-hydrogen) atoms. The first-order valence-electron chi connectivity index (χ1n) is 6.02. The van der Waals surface area contributed by atoms with Gasteiger partial charge in [0, 0.05) is 18.2 Å². The average molecular weight is 277 g/mol. The Kier molecular flexibility index (Phi) is 5.99. The largest absolute Gasteiger partial charge is 0.317 e. The first kappa shape index (κ1) is 15.3. The summed E-state index contributed by atoms with van der Waals surface area (Å²) in [6, 6.07) is 4.44. The highest BCUT2D eigenvalue weighted by molar-refractivity contribution is 5.85. The first-order valence-corrected chi connectivity index (χ1v) is 6.02. The Bertz CT molecular complexity index is 361. The fourth-order valence-electron chi connectivity index (χ4n) is 2.31. The second kappa shape index (κ2) is 7.02. The lowest BCUT2D eigenvalue weighted by Crippen LogP contribution is -2.41. The Morgan fingerprint density at radius 1 is 1.22 bits per heavy atom. The molecule has 5 heteroatoms. The minimum Gasteiger partial charge on any atom is -0.317 e. The van der Waals surface area contributed by atoms with Gasteiger partial charge < -0.3 is 5.32 Å².